The Morgan fingerprint density at radius 1 is 1.13 bits per heavy atom. The van der Waals surface area contributed by atoms with Crippen molar-refractivity contribution in [1.29, 1.82) is 0 Å². The van der Waals surface area contributed by atoms with Gasteiger partial charge in [0.25, 0.3) is 0 Å². The molecule has 0 aliphatic rings. The van der Waals surface area contributed by atoms with Crippen molar-refractivity contribution in [3.63, 3.8) is 0 Å². The van der Waals surface area contributed by atoms with Crippen molar-refractivity contribution < 1.29 is 4.79 Å². The summed E-state index contributed by atoms with van der Waals surface area (Å²) in [4.78, 5) is 11.9. The lowest BCUT2D eigenvalue weighted by atomic mass is 9.88. The van der Waals surface area contributed by atoms with E-state index in [1.54, 1.807) is 0 Å². The van der Waals surface area contributed by atoms with E-state index in [2.05, 4.69) is 27.7 Å². The van der Waals surface area contributed by atoms with Crippen LogP contribution in [0.3, 0.4) is 0 Å². The maximum atomic E-state index is 11.9. The van der Waals surface area contributed by atoms with Crippen LogP contribution in [0, 0.1) is 5.41 Å². The minimum absolute atomic E-state index is 0.0700. The second-order valence-corrected chi connectivity index (χ2v) is 5.21. The van der Waals surface area contributed by atoms with Crippen LogP contribution in [0.15, 0.2) is 24.3 Å². The monoisotopic (exact) mass is 204 g/mol. The van der Waals surface area contributed by atoms with Gasteiger partial charge in [-0.05, 0) is 17.4 Å². The number of carbonyl (C=O) groups is 1. The molecule has 1 aromatic rings. The number of benzene rings is 1. The van der Waals surface area contributed by atoms with Gasteiger partial charge in [0.2, 0.25) is 0 Å². The number of hydrogen-bond donors (Lipinski definition) is 0. The first-order valence-electron chi connectivity index (χ1n) is 5.54. The first kappa shape index (κ1) is 12.0. The third kappa shape index (κ3) is 3.86. The highest BCUT2D eigenvalue weighted by Crippen LogP contribution is 2.21. The van der Waals surface area contributed by atoms with E-state index in [1.165, 1.54) is 5.56 Å². The van der Waals surface area contributed by atoms with Crippen LogP contribution in [0.4, 0.5) is 0 Å². The van der Waals surface area contributed by atoms with Crippen LogP contribution in [0.1, 0.15) is 50.0 Å². The molecule has 82 valence electrons. The molecule has 0 heterocycles. The lowest BCUT2D eigenvalue weighted by Gasteiger charge is -2.16. The van der Waals surface area contributed by atoms with Crippen molar-refractivity contribution in [2.45, 2.75) is 40.5 Å². The molecule has 1 heteroatoms. The van der Waals surface area contributed by atoms with Crippen LogP contribution in [-0.4, -0.2) is 5.78 Å². The quantitative estimate of drug-likeness (QED) is 0.683. The fourth-order valence-electron chi connectivity index (χ4n) is 1.51. The zero-order chi connectivity index (χ0) is 11.5. The second kappa shape index (κ2) is 4.61. The zero-order valence-corrected chi connectivity index (χ0v) is 10.1. The molecule has 1 aromatic carbocycles. The zero-order valence-electron chi connectivity index (χ0n) is 10.1. The fourth-order valence-corrected chi connectivity index (χ4v) is 1.51. The molecule has 1 rings (SSSR count). The highest BCUT2D eigenvalue weighted by molar-refractivity contribution is 5.96. The largest absolute Gasteiger partial charge is 0.294 e. The minimum atomic E-state index is 0.0700. The molecule has 0 aromatic heterocycles. The normalized spacial score (nSPS) is 11.5. The average molecular weight is 204 g/mol. The number of aryl methyl sites for hydroxylation is 1. The molecule has 0 bridgehead atoms. The molecule has 15 heavy (non-hydrogen) atoms. The second-order valence-electron chi connectivity index (χ2n) is 5.21. The average Bonchev–Trinajstić information content (AvgIpc) is 2.15. The summed E-state index contributed by atoms with van der Waals surface area (Å²) in [6.07, 6.45) is 1.63. The highest BCUT2D eigenvalue weighted by Gasteiger charge is 2.16. The van der Waals surface area contributed by atoms with Crippen LogP contribution in [-0.2, 0) is 6.42 Å². The predicted octanol–water partition coefficient (Wildman–Crippen LogP) is 3.87. The summed E-state index contributed by atoms with van der Waals surface area (Å²) in [6, 6.07) is 7.95. The molecule has 0 aliphatic carbocycles. The summed E-state index contributed by atoms with van der Waals surface area (Å²) in [5, 5.41) is 0. The third-order valence-corrected chi connectivity index (χ3v) is 2.38. The number of hydrogen-bond acceptors (Lipinski definition) is 1. The number of rotatable bonds is 3. The Bertz CT molecular complexity index is 327. The van der Waals surface area contributed by atoms with E-state index in [0.717, 1.165) is 12.0 Å². The van der Waals surface area contributed by atoms with Crippen LogP contribution in [0.5, 0.6) is 0 Å². The summed E-state index contributed by atoms with van der Waals surface area (Å²) < 4.78 is 0. The first-order chi connectivity index (χ1) is 6.92. The van der Waals surface area contributed by atoms with Crippen LogP contribution in [0.2, 0.25) is 0 Å². The lowest BCUT2D eigenvalue weighted by Crippen LogP contribution is -2.12. The number of carbonyl (C=O) groups excluding carboxylic acids is 1. The smallest absolute Gasteiger partial charge is 0.163 e. The molecular formula is C14H20O. The molecule has 0 radical (unpaired) electrons. The van der Waals surface area contributed by atoms with Crippen LogP contribution in [0.25, 0.3) is 0 Å². The number of ketones is 1. The summed E-state index contributed by atoms with van der Waals surface area (Å²) in [5.74, 6) is 0.241. The van der Waals surface area contributed by atoms with Gasteiger partial charge in [-0.2, -0.15) is 0 Å². The molecule has 0 atom stereocenters. The van der Waals surface area contributed by atoms with E-state index in [1.807, 2.05) is 24.3 Å². The molecule has 1 nitrogen and oxygen atoms in total. The Labute approximate surface area is 92.5 Å². The Kier molecular flexibility index (Phi) is 3.67. The van der Waals surface area contributed by atoms with E-state index in [-0.39, 0.29) is 11.2 Å². The van der Waals surface area contributed by atoms with Crippen LogP contribution < -0.4 is 0 Å². The topological polar surface area (TPSA) is 17.1 Å². The van der Waals surface area contributed by atoms with Gasteiger partial charge in [-0.15, -0.1) is 0 Å². The molecule has 0 unspecified atom stereocenters. The molecule has 0 saturated carbocycles. The fraction of sp³-hybridized carbons (Fsp3) is 0.500. The Hall–Kier alpha value is -1.11. The van der Waals surface area contributed by atoms with E-state index < -0.39 is 0 Å². The minimum Gasteiger partial charge on any atom is -0.294 e. The van der Waals surface area contributed by atoms with Crippen LogP contribution >= 0.6 is 0 Å². The standard InChI is InChI=1S/C14H20O/c1-5-11-6-8-12(9-7-11)13(15)10-14(2,3)4/h6-9H,5,10H2,1-4H3. The number of Topliss-reactive ketones (excluding diaryl/α,β-unsaturated/α-hetero) is 1. The van der Waals surface area contributed by atoms with Gasteiger partial charge in [0.05, 0.1) is 0 Å². The van der Waals surface area contributed by atoms with E-state index in [0.29, 0.717) is 6.42 Å². The molecule has 0 N–H and O–H groups in total. The van der Waals surface area contributed by atoms with E-state index in [9.17, 15) is 4.79 Å². The Morgan fingerprint density at radius 2 is 1.67 bits per heavy atom. The molecule has 0 spiro atoms. The van der Waals surface area contributed by atoms with Crippen molar-refractivity contribution in [2.24, 2.45) is 5.41 Å². The SMILES string of the molecule is CCc1ccc(C(=O)CC(C)(C)C)cc1. The van der Waals surface area contributed by atoms with Crippen molar-refractivity contribution in [2.75, 3.05) is 0 Å². The Morgan fingerprint density at radius 3 is 2.07 bits per heavy atom. The molecule has 0 aliphatic heterocycles. The van der Waals surface area contributed by atoms with Crippen molar-refractivity contribution in [3.8, 4) is 0 Å². The first-order valence-corrected chi connectivity index (χ1v) is 5.54. The van der Waals surface area contributed by atoms with Crippen molar-refractivity contribution in [3.05, 3.63) is 35.4 Å². The maximum absolute atomic E-state index is 11.9. The summed E-state index contributed by atoms with van der Waals surface area (Å²) in [5.41, 5.74) is 2.19. The van der Waals surface area contributed by atoms with Gasteiger partial charge in [0, 0.05) is 12.0 Å². The summed E-state index contributed by atoms with van der Waals surface area (Å²) in [7, 11) is 0. The summed E-state index contributed by atoms with van der Waals surface area (Å²) >= 11 is 0. The van der Waals surface area contributed by atoms with Crippen molar-refractivity contribution in [1.82, 2.24) is 0 Å². The van der Waals surface area contributed by atoms with Gasteiger partial charge in [0.15, 0.2) is 5.78 Å². The van der Waals surface area contributed by atoms with Gasteiger partial charge in [-0.3, -0.25) is 4.79 Å². The van der Waals surface area contributed by atoms with Gasteiger partial charge in [0.1, 0.15) is 0 Å². The molecule has 0 saturated heterocycles. The van der Waals surface area contributed by atoms with Gasteiger partial charge in [-0.1, -0.05) is 52.0 Å². The van der Waals surface area contributed by atoms with E-state index >= 15 is 0 Å². The molecular weight excluding hydrogens is 184 g/mol. The van der Waals surface area contributed by atoms with E-state index in [4.69, 9.17) is 0 Å². The summed E-state index contributed by atoms with van der Waals surface area (Å²) in [6.45, 7) is 8.38. The third-order valence-electron chi connectivity index (χ3n) is 2.38. The molecule has 0 amide bonds. The highest BCUT2D eigenvalue weighted by atomic mass is 16.1. The maximum Gasteiger partial charge on any atom is 0.163 e. The Balaban J connectivity index is 2.75. The predicted molar refractivity (Wildman–Crippen MR) is 64.2 cm³/mol. The van der Waals surface area contributed by atoms with Gasteiger partial charge >= 0.3 is 0 Å². The van der Waals surface area contributed by atoms with Gasteiger partial charge in [-0.25, -0.2) is 0 Å². The van der Waals surface area contributed by atoms with Gasteiger partial charge < -0.3 is 0 Å². The lowest BCUT2D eigenvalue weighted by molar-refractivity contribution is 0.0940. The molecule has 0 fully saturated rings. The van der Waals surface area contributed by atoms with Crippen molar-refractivity contribution >= 4 is 5.78 Å².